The first-order valence-electron chi connectivity index (χ1n) is 9.17. The average Bonchev–Trinajstić information content (AvgIpc) is 2.73. The molecule has 3 rings (SSSR count). The van der Waals surface area contributed by atoms with Crippen molar-refractivity contribution in [2.45, 2.75) is 6.04 Å². The normalized spacial score (nSPS) is 16.0. The first kappa shape index (κ1) is 19.2. The predicted octanol–water partition coefficient (Wildman–Crippen LogP) is 2.30. The van der Waals surface area contributed by atoms with E-state index < -0.39 is 0 Å². The largest absolute Gasteiger partial charge is 0.495 e. The molecule has 1 saturated heterocycles. The summed E-state index contributed by atoms with van der Waals surface area (Å²) in [5, 5.41) is 0. The Kier molecular flexibility index (Phi) is 6.32. The Bertz CT molecular complexity index is 773. The van der Waals surface area contributed by atoms with Crippen molar-refractivity contribution in [1.82, 2.24) is 4.90 Å². The van der Waals surface area contributed by atoms with Gasteiger partial charge in [-0.3, -0.25) is 4.90 Å². The van der Waals surface area contributed by atoms with Crippen LogP contribution in [0.2, 0.25) is 0 Å². The van der Waals surface area contributed by atoms with E-state index in [4.69, 9.17) is 15.2 Å². The van der Waals surface area contributed by atoms with E-state index in [9.17, 15) is 4.79 Å². The second-order valence-corrected chi connectivity index (χ2v) is 6.64. The first-order chi connectivity index (χ1) is 13.1. The maximum Gasteiger partial charge on any atom is 0.338 e. The van der Waals surface area contributed by atoms with Gasteiger partial charge in [0, 0.05) is 38.8 Å². The molecule has 0 amide bonds. The number of hydrogen-bond acceptors (Lipinski definition) is 6. The number of rotatable bonds is 6. The van der Waals surface area contributed by atoms with Gasteiger partial charge in [0.15, 0.2) is 0 Å². The summed E-state index contributed by atoms with van der Waals surface area (Å²) < 4.78 is 10.4. The molecular formula is C21H27N3O3. The van der Waals surface area contributed by atoms with Crippen LogP contribution in [0, 0.1) is 0 Å². The molecule has 1 fully saturated rings. The SMILES string of the molecule is COC(=O)c1ccccc1C(N)CN1CCN(c2ccccc2OC)CC1. The van der Waals surface area contributed by atoms with Crippen LogP contribution < -0.4 is 15.4 Å². The fraction of sp³-hybridized carbons (Fsp3) is 0.381. The number of esters is 1. The Morgan fingerprint density at radius 3 is 2.41 bits per heavy atom. The van der Waals surface area contributed by atoms with E-state index >= 15 is 0 Å². The van der Waals surface area contributed by atoms with Gasteiger partial charge in [-0.1, -0.05) is 30.3 Å². The van der Waals surface area contributed by atoms with Gasteiger partial charge in [0.2, 0.25) is 0 Å². The highest BCUT2D eigenvalue weighted by Crippen LogP contribution is 2.28. The minimum absolute atomic E-state index is 0.238. The van der Waals surface area contributed by atoms with Crippen molar-refractivity contribution in [3.63, 3.8) is 0 Å². The summed E-state index contributed by atoms with van der Waals surface area (Å²) >= 11 is 0. The van der Waals surface area contributed by atoms with Gasteiger partial charge in [-0.15, -0.1) is 0 Å². The molecule has 27 heavy (non-hydrogen) atoms. The molecule has 0 saturated carbocycles. The molecule has 0 aliphatic carbocycles. The molecule has 0 bridgehead atoms. The van der Waals surface area contributed by atoms with Gasteiger partial charge in [-0.2, -0.15) is 0 Å². The molecule has 0 spiro atoms. The van der Waals surface area contributed by atoms with Crippen LogP contribution in [-0.4, -0.2) is 57.8 Å². The lowest BCUT2D eigenvalue weighted by Gasteiger charge is -2.37. The van der Waals surface area contributed by atoms with Crippen molar-refractivity contribution in [3.05, 3.63) is 59.7 Å². The molecule has 1 heterocycles. The standard InChI is InChI=1S/C21H27N3O3/c1-26-20-10-6-5-9-19(20)24-13-11-23(12-14-24)15-18(22)16-7-3-4-8-17(16)21(25)27-2/h3-10,18H,11-15,22H2,1-2H3. The van der Waals surface area contributed by atoms with Crippen LogP contribution in [-0.2, 0) is 4.74 Å². The highest BCUT2D eigenvalue weighted by Gasteiger charge is 2.23. The van der Waals surface area contributed by atoms with Crippen molar-refractivity contribution in [2.24, 2.45) is 5.73 Å². The zero-order chi connectivity index (χ0) is 19.2. The van der Waals surface area contributed by atoms with E-state index in [-0.39, 0.29) is 12.0 Å². The second kappa shape index (κ2) is 8.88. The molecule has 0 aromatic heterocycles. The smallest absolute Gasteiger partial charge is 0.338 e. The van der Waals surface area contributed by atoms with E-state index in [0.29, 0.717) is 12.1 Å². The number of benzene rings is 2. The van der Waals surface area contributed by atoms with Crippen LogP contribution in [0.4, 0.5) is 5.69 Å². The van der Waals surface area contributed by atoms with Crippen molar-refractivity contribution >= 4 is 11.7 Å². The molecule has 6 heteroatoms. The number of carbonyl (C=O) groups is 1. The van der Waals surface area contributed by atoms with Gasteiger partial charge in [0.05, 0.1) is 25.5 Å². The number of para-hydroxylation sites is 2. The topological polar surface area (TPSA) is 68.0 Å². The molecule has 0 radical (unpaired) electrons. The van der Waals surface area contributed by atoms with Gasteiger partial charge in [-0.05, 0) is 23.8 Å². The Labute approximate surface area is 160 Å². The highest BCUT2D eigenvalue weighted by atomic mass is 16.5. The Morgan fingerprint density at radius 1 is 1.04 bits per heavy atom. The van der Waals surface area contributed by atoms with Crippen LogP contribution in [0.5, 0.6) is 5.75 Å². The molecule has 1 atom stereocenters. The molecule has 1 aliphatic heterocycles. The Balaban J connectivity index is 1.62. The third kappa shape index (κ3) is 4.40. The van der Waals surface area contributed by atoms with Crippen LogP contribution in [0.25, 0.3) is 0 Å². The maximum absolute atomic E-state index is 12.0. The monoisotopic (exact) mass is 369 g/mol. The number of anilines is 1. The molecule has 1 aliphatic rings. The van der Waals surface area contributed by atoms with Crippen molar-refractivity contribution < 1.29 is 14.3 Å². The minimum atomic E-state index is -0.345. The molecule has 1 unspecified atom stereocenters. The first-order valence-corrected chi connectivity index (χ1v) is 9.17. The van der Waals surface area contributed by atoms with Crippen LogP contribution >= 0.6 is 0 Å². The Morgan fingerprint density at radius 2 is 1.70 bits per heavy atom. The lowest BCUT2D eigenvalue weighted by atomic mass is 10.00. The van der Waals surface area contributed by atoms with E-state index in [0.717, 1.165) is 43.2 Å². The van der Waals surface area contributed by atoms with E-state index in [2.05, 4.69) is 15.9 Å². The minimum Gasteiger partial charge on any atom is -0.495 e. The van der Waals surface area contributed by atoms with E-state index in [1.807, 2.05) is 36.4 Å². The summed E-state index contributed by atoms with van der Waals surface area (Å²) in [7, 11) is 3.09. The van der Waals surface area contributed by atoms with Gasteiger partial charge in [0.25, 0.3) is 0 Å². The fourth-order valence-corrected chi connectivity index (χ4v) is 3.56. The van der Waals surface area contributed by atoms with Gasteiger partial charge >= 0.3 is 5.97 Å². The number of nitrogens with zero attached hydrogens (tertiary/aromatic N) is 2. The van der Waals surface area contributed by atoms with Crippen LogP contribution in [0.1, 0.15) is 22.0 Å². The molecule has 2 aromatic rings. The van der Waals surface area contributed by atoms with Gasteiger partial charge < -0.3 is 20.1 Å². The van der Waals surface area contributed by atoms with Crippen LogP contribution in [0.15, 0.2) is 48.5 Å². The Hall–Kier alpha value is -2.57. The van der Waals surface area contributed by atoms with Gasteiger partial charge in [-0.25, -0.2) is 4.79 Å². The quantitative estimate of drug-likeness (QED) is 0.788. The molecule has 2 aromatic carbocycles. The fourth-order valence-electron chi connectivity index (χ4n) is 3.56. The predicted molar refractivity (Wildman–Crippen MR) is 106 cm³/mol. The summed E-state index contributed by atoms with van der Waals surface area (Å²) in [5.41, 5.74) is 8.92. The number of ether oxygens (including phenoxy) is 2. The average molecular weight is 369 g/mol. The van der Waals surface area contributed by atoms with E-state index in [1.54, 1.807) is 13.2 Å². The lowest BCUT2D eigenvalue weighted by Crippen LogP contribution is -2.48. The third-order valence-electron chi connectivity index (χ3n) is 5.02. The summed E-state index contributed by atoms with van der Waals surface area (Å²) in [6, 6.07) is 15.3. The summed E-state index contributed by atoms with van der Waals surface area (Å²) in [6.07, 6.45) is 0. The molecule has 6 nitrogen and oxygen atoms in total. The number of piperazine rings is 1. The highest BCUT2D eigenvalue weighted by molar-refractivity contribution is 5.91. The van der Waals surface area contributed by atoms with Crippen molar-refractivity contribution in [2.75, 3.05) is 51.8 Å². The second-order valence-electron chi connectivity index (χ2n) is 6.64. The van der Waals surface area contributed by atoms with Crippen LogP contribution in [0.3, 0.4) is 0 Å². The number of nitrogens with two attached hydrogens (primary N) is 1. The zero-order valence-electron chi connectivity index (χ0n) is 15.9. The van der Waals surface area contributed by atoms with Crippen molar-refractivity contribution in [1.29, 1.82) is 0 Å². The number of hydrogen-bond donors (Lipinski definition) is 1. The number of methoxy groups -OCH3 is 2. The molecule has 2 N–H and O–H groups in total. The zero-order valence-corrected chi connectivity index (χ0v) is 15.9. The molecular weight excluding hydrogens is 342 g/mol. The van der Waals surface area contributed by atoms with Crippen molar-refractivity contribution in [3.8, 4) is 5.75 Å². The number of carbonyl (C=O) groups excluding carboxylic acids is 1. The molecule has 144 valence electrons. The third-order valence-corrected chi connectivity index (χ3v) is 5.02. The summed E-state index contributed by atoms with van der Waals surface area (Å²) in [5.74, 6) is 0.552. The van der Waals surface area contributed by atoms with Gasteiger partial charge in [0.1, 0.15) is 5.75 Å². The van der Waals surface area contributed by atoms with E-state index in [1.165, 1.54) is 7.11 Å². The lowest BCUT2D eigenvalue weighted by molar-refractivity contribution is 0.0598. The summed E-state index contributed by atoms with van der Waals surface area (Å²) in [4.78, 5) is 16.7. The maximum atomic E-state index is 12.0. The summed E-state index contributed by atoms with van der Waals surface area (Å²) in [6.45, 7) is 4.34.